The highest BCUT2D eigenvalue weighted by Gasteiger charge is 2.33. The normalized spacial score (nSPS) is 11.2. The fraction of sp³-hybridized carbons (Fsp3) is 0.217. The van der Waals surface area contributed by atoms with Crippen LogP contribution in [0.3, 0.4) is 0 Å². The molecule has 0 heterocycles. The molecular formula is C23H23BBr2O3. The van der Waals surface area contributed by atoms with Crippen LogP contribution in [0.25, 0.3) is 0 Å². The summed E-state index contributed by atoms with van der Waals surface area (Å²) in [5, 5.41) is 0. The van der Waals surface area contributed by atoms with Crippen molar-refractivity contribution < 1.29 is 14.2 Å². The molecule has 0 spiro atoms. The Kier molecular flexibility index (Phi) is 6.64. The van der Waals surface area contributed by atoms with Crippen molar-refractivity contribution in [3.63, 3.8) is 0 Å². The van der Waals surface area contributed by atoms with Gasteiger partial charge in [0, 0.05) is 5.41 Å². The molecule has 3 rings (SSSR count). The average Bonchev–Trinajstić information content (AvgIpc) is 2.72. The summed E-state index contributed by atoms with van der Waals surface area (Å²) in [7, 11) is 7.11. The second kappa shape index (κ2) is 8.84. The van der Waals surface area contributed by atoms with Gasteiger partial charge in [0.2, 0.25) is 0 Å². The minimum absolute atomic E-state index is 0.402. The van der Waals surface area contributed by atoms with E-state index in [4.69, 9.17) is 14.2 Å². The summed E-state index contributed by atoms with van der Waals surface area (Å²) in [6.07, 6.45) is 0. The van der Waals surface area contributed by atoms with E-state index in [2.05, 4.69) is 83.0 Å². The molecule has 29 heavy (non-hydrogen) atoms. The third-order valence-electron chi connectivity index (χ3n) is 5.43. The third-order valence-corrected chi connectivity index (χ3v) is 6.67. The summed E-state index contributed by atoms with van der Waals surface area (Å²) in [6.45, 7) is 2.23. The molecule has 0 unspecified atom stereocenters. The van der Waals surface area contributed by atoms with Gasteiger partial charge in [0.15, 0.2) is 0 Å². The first-order chi connectivity index (χ1) is 13.8. The van der Waals surface area contributed by atoms with E-state index in [0.29, 0.717) is 0 Å². The fourth-order valence-electron chi connectivity index (χ4n) is 3.64. The fourth-order valence-corrected chi connectivity index (χ4v) is 4.73. The molecular weight excluding hydrogens is 495 g/mol. The van der Waals surface area contributed by atoms with Crippen LogP contribution in [0.15, 0.2) is 63.5 Å². The van der Waals surface area contributed by atoms with Crippen molar-refractivity contribution in [2.24, 2.45) is 0 Å². The van der Waals surface area contributed by atoms with Crippen molar-refractivity contribution in [2.75, 3.05) is 21.3 Å². The summed E-state index contributed by atoms with van der Waals surface area (Å²) < 4.78 is 18.2. The molecule has 0 atom stereocenters. The Morgan fingerprint density at radius 1 is 0.655 bits per heavy atom. The van der Waals surface area contributed by atoms with Crippen LogP contribution in [-0.2, 0) is 5.41 Å². The first-order valence-electron chi connectivity index (χ1n) is 9.18. The zero-order valence-electron chi connectivity index (χ0n) is 17.2. The Hall–Kier alpha value is -1.92. The maximum absolute atomic E-state index is 5.47. The van der Waals surface area contributed by atoms with Crippen LogP contribution in [0.5, 0.6) is 17.2 Å². The van der Waals surface area contributed by atoms with Crippen LogP contribution in [0, 0.1) is 0 Å². The molecule has 0 aromatic heterocycles. The Balaban J connectivity index is 2.27. The molecule has 3 aromatic rings. The highest BCUT2D eigenvalue weighted by Crippen LogP contribution is 2.43. The maximum Gasteiger partial charge on any atom is 0.144 e. The smallest absolute Gasteiger partial charge is 0.144 e. The molecule has 150 valence electrons. The van der Waals surface area contributed by atoms with E-state index < -0.39 is 5.41 Å². The Labute approximate surface area is 190 Å². The first-order valence-corrected chi connectivity index (χ1v) is 10.8. The molecule has 0 amide bonds. The number of hydrogen-bond donors (Lipinski definition) is 0. The zero-order chi connectivity index (χ0) is 21.2. The van der Waals surface area contributed by atoms with E-state index in [1.807, 2.05) is 18.2 Å². The van der Waals surface area contributed by atoms with E-state index in [-0.39, 0.29) is 0 Å². The van der Waals surface area contributed by atoms with Crippen LogP contribution in [0.2, 0.25) is 0 Å². The maximum atomic E-state index is 5.47. The standard InChI is InChI=1S/C23H23BBr2O3/c1-23(14-5-8-20(27-2)17(24)11-14,15-6-9-21(28-3)18(25)12-15)16-7-10-22(29-4)19(26)13-16/h5-13H,24H2,1-4H3. The van der Waals surface area contributed by atoms with Gasteiger partial charge < -0.3 is 14.2 Å². The lowest BCUT2D eigenvalue weighted by Crippen LogP contribution is -2.27. The molecule has 0 saturated heterocycles. The quantitative estimate of drug-likeness (QED) is 0.345. The molecule has 0 N–H and O–H groups in total. The number of hydrogen-bond acceptors (Lipinski definition) is 3. The monoisotopic (exact) mass is 516 g/mol. The molecule has 0 bridgehead atoms. The van der Waals surface area contributed by atoms with E-state index in [0.717, 1.165) is 42.8 Å². The lowest BCUT2D eigenvalue weighted by Gasteiger charge is -2.33. The lowest BCUT2D eigenvalue weighted by atomic mass is 9.70. The van der Waals surface area contributed by atoms with E-state index in [9.17, 15) is 0 Å². The summed E-state index contributed by atoms with van der Waals surface area (Å²) in [4.78, 5) is 0. The first kappa shape index (κ1) is 21.8. The number of benzene rings is 3. The summed E-state index contributed by atoms with van der Waals surface area (Å²) in [5.41, 5.74) is 4.15. The largest absolute Gasteiger partial charge is 0.497 e. The van der Waals surface area contributed by atoms with E-state index in [1.165, 1.54) is 5.56 Å². The van der Waals surface area contributed by atoms with Crippen molar-refractivity contribution in [2.45, 2.75) is 12.3 Å². The van der Waals surface area contributed by atoms with Crippen LogP contribution in [0.4, 0.5) is 0 Å². The van der Waals surface area contributed by atoms with Crippen molar-refractivity contribution in [3.05, 3.63) is 80.2 Å². The van der Waals surface area contributed by atoms with Gasteiger partial charge in [-0.05, 0) is 91.3 Å². The van der Waals surface area contributed by atoms with Crippen molar-refractivity contribution in [1.82, 2.24) is 0 Å². The number of halogens is 2. The van der Waals surface area contributed by atoms with Gasteiger partial charge in [0.1, 0.15) is 25.1 Å². The second-order valence-corrected chi connectivity index (χ2v) is 8.72. The molecule has 0 aliphatic carbocycles. The molecule has 0 radical (unpaired) electrons. The van der Waals surface area contributed by atoms with Gasteiger partial charge in [-0.15, -0.1) is 0 Å². The average molecular weight is 518 g/mol. The predicted octanol–water partition coefficient (Wildman–Crippen LogP) is 4.85. The minimum Gasteiger partial charge on any atom is -0.497 e. The molecule has 3 aromatic carbocycles. The van der Waals surface area contributed by atoms with Gasteiger partial charge in [0.05, 0.1) is 30.3 Å². The third kappa shape index (κ3) is 4.06. The highest BCUT2D eigenvalue weighted by molar-refractivity contribution is 9.10. The van der Waals surface area contributed by atoms with Crippen LogP contribution < -0.4 is 19.7 Å². The van der Waals surface area contributed by atoms with Gasteiger partial charge in [-0.3, -0.25) is 0 Å². The SMILES string of the molecule is Bc1cc(C(C)(c2ccc(OC)c(Br)c2)c2ccc(OC)c(Br)c2)ccc1OC. The molecule has 0 saturated carbocycles. The van der Waals surface area contributed by atoms with Crippen LogP contribution in [-0.4, -0.2) is 29.2 Å². The minimum atomic E-state index is -0.402. The summed E-state index contributed by atoms with van der Waals surface area (Å²) in [6, 6.07) is 18.8. The van der Waals surface area contributed by atoms with Crippen molar-refractivity contribution in [3.8, 4) is 17.2 Å². The Bertz CT molecular complexity index is 907. The Morgan fingerprint density at radius 3 is 1.38 bits per heavy atom. The second-order valence-electron chi connectivity index (χ2n) is 7.01. The molecule has 0 aliphatic rings. The highest BCUT2D eigenvalue weighted by atomic mass is 79.9. The van der Waals surface area contributed by atoms with Gasteiger partial charge in [-0.1, -0.05) is 24.3 Å². The van der Waals surface area contributed by atoms with Gasteiger partial charge in [-0.25, -0.2) is 0 Å². The van der Waals surface area contributed by atoms with Gasteiger partial charge >= 0.3 is 0 Å². The van der Waals surface area contributed by atoms with Crippen molar-refractivity contribution >= 4 is 45.2 Å². The number of methoxy groups -OCH3 is 3. The number of ether oxygens (including phenoxy) is 3. The number of rotatable bonds is 6. The van der Waals surface area contributed by atoms with Crippen LogP contribution in [0.1, 0.15) is 23.6 Å². The predicted molar refractivity (Wildman–Crippen MR) is 128 cm³/mol. The molecule has 6 heteroatoms. The topological polar surface area (TPSA) is 27.7 Å². The molecule has 3 nitrogen and oxygen atoms in total. The van der Waals surface area contributed by atoms with Crippen LogP contribution >= 0.6 is 31.9 Å². The summed E-state index contributed by atoms with van der Waals surface area (Å²) >= 11 is 7.29. The summed E-state index contributed by atoms with van der Waals surface area (Å²) in [5.74, 6) is 2.48. The van der Waals surface area contributed by atoms with E-state index in [1.54, 1.807) is 21.3 Å². The van der Waals surface area contributed by atoms with Gasteiger partial charge in [-0.2, -0.15) is 0 Å². The van der Waals surface area contributed by atoms with Crippen molar-refractivity contribution in [1.29, 1.82) is 0 Å². The Morgan fingerprint density at radius 2 is 1.03 bits per heavy atom. The molecule has 0 aliphatic heterocycles. The molecule has 0 fully saturated rings. The van der Waals surface area contributed by atoms with E-state index >= 15 is 0 Å². The zero-order valence-corrected chi connectivity index (χ0v) is 20.3. The van der Waals surface area contributed by atoms with Gasteiger partial charge in [0.25, 0.3) is 0 Å². The lowest BCUT2D eigenvalue weighted by molar-refractivity contribution is 0.411.